The van der Waals surface area contributed by atoms with Crippen LogP contribution in [0, 0.1) is 0 Å². The Labute approximate surface area is 60.7 Å². The van der Waals surface area contributed by atoms with Crippen molar-refractivity contribution in [1.29, 1.82) is 0 Å². The van der Waals surface area contributed by atoms with E-state index in [4.69, 9.17) is 9.90 Å². The first-order valence-electron chi connectivity index (χ1n) is 0.928. The molecular weight excluding hydrogens is 89.9 g/mol. The van der Waals surface area contributed by atoms with Crippen LogP contribution in [0.25, 0.3) is 0 Å². The maximum atomic E-state index is 9.00. The molecule has 0 aliphatic heterocycles. The molecule has 0 heterocycles. The molecule has 0 amide bonds. The van der Waals surface area contributed by atoms with Gasteiger partial charge in [0.25, 0.3) is 5.97 Å². The molecule has 0 aliphatic carbocycles. The Morgan fingerprint density at radius 2 is 1.83 bits per heavy atom. The summed E-state index contributed by atoms with van der Waals surface area (Å²) in [6.07, 6.45) is 0. The van der Waals surface area contributed by atoms with Gasteiger partial charge in [-0.15, -0.1) is 0 Å². The first-order valence-corrected chi connectivity index (χ1v) is 0.928. The molecule has 0 radical (unpaired) electrons. The molecule has 0 fully saturated rings. The van der Waals surface area contributed by atoms with Crippen LogP contribution in [-0.4, -0.2) is 28.4 Å². The molecule has 0 atom stereocenters. The van der Waals surface area contributed by atoms with Crippen molar-refractivity contribution in [2.24, 2.45) is 0 Å². The van der Waals surface area contributed by atoms with Crippen LogP contribution < -0.4 is 18.9 Å². The molecule has 0 unspecified atom stereocenters. The number of rotatable bonds is 0. The summed E-state index contributed by atoms with van der Waals surface area (Å²) in [6.45, 7) is 1.08. The molecule has 2 nitrogen and oxygen atoms in total. The summed E-state index contributed by atoms with van der Waals surface area (Å²) in [5, 5.41) is 7.42. The zero-order valence-electron chi connectivity index (χ0n) is 4.36. The van der Waals surface area contributed by atoms with E-state index in [0.717, 1.165) is 6.92 Å². The van der Waals surface area contributed by atoms with E-state index in [-0.39, 0.29) is 37.6 Å². The normalized spacial score (nSPS) is 4.17. The second kappa shape index (κ2) is 9.14. The van der Waals surface area contributed by atoms with Crippen LogP contribution in [0.1, 0.15) is 8.35 Å². The van der Waals surface area contributed by atoms with Crippen molar-refractivity contribution in [1.82, 2.24) is 0 Å². The second-order valence-electron chi connectivity index (χ2n) is 0.519. The Bertz CT molecular complexity index is 38.7. The summed E-state index contributed by atoms with van der Waals surface area (Å²) in [5.41, 5.74) is 0. The molecule has 0 rings (SSSR count). The molecular formula is C2H8AlLiO2. The van der Waals surface area contributed by atoms with Crippen molar-refractivity contribution in [2.45, 2.75) is 6.92 Å². The molecule has 0 spiro atoms. The van der Waals surface area contributed by atoms with Crippen molar-refractivity contribution in [3.8, 4) is 0 Å². The number of carboxylic acid groups (broad SMARTS) is 1. The fourth-order valence-corrected chi connectivity index (χ4v) is 0. The summed E-state index contributed by atoms with van der Waals surface area (Å²) in [5.74, 6) is -0.833. The van der Waals surface area contributed by atoms with Gasteiger partial charge in [0.15, 0.2) is 17.4 Å². The molecule has 0 aromatic heterocycles. The van der Waals surface area contributed by atoms with Crippen molar-refractivity contribution in [2.75, 3.05) is 0 Å². The van der Waals surface area contributed by atoms with Gasteiger partial charge in [0, 0.05) is 6.92 Å². The SMILES string of the molecule is CC(=O)O.[AlH3].[H-].[Li+]. The van der Waals surface area contributed by atoms with Crippen LogP contribution in [0.3, 0.4) is 0 Å². The molecule has 0 aromatic carbocycles. The van der Waals surface area contributed by atoms with Gasteiger partial charge in [-0.25, -0.2) is 0 Å². The van der Waals surface area contributed by atoms with Gasteiger partial charge in [0.2, 0.25) is 0 Å². The fraction of sp³-hybridized carbons (Fsp3) is 0.500. The minimum atomic E-state index is -0.833. The van der Waals surface area contributed by atoms with E-state index in [1.165, 1.54) is 0 Å². The summed E-state index contributed by atoms with van der Waals surface area (Å²) in [6, 6.07) is 0. The van der Waals surface area contributed by atoms with Crippen LogP contribution in [0.5, 0.6) is 0 Å². The van der Waals surface area contributed by atoms with E-state index in [1.807, 2.05) is 0 Å². The number of hydrogen-bond acceptors (Lipinski definition) is 1. The smallest absolute Gasteiger partial charge is 1.00 e. The Kier molecular flexibility index (Phi) is 24.3. The van der Waals surface area contributed by atoms with E-state index in [2.05, 4.69) is 0 Å². The molecule has 1 N–H and O–H groups in total. The van der Waals surface area contributed by atoms with Crippen LogP contribution in [-0.2, 0) is 4.79 Å². The minimum absolute atomic E-state index is 0. The summed E-state index contributed by atoms with van der Waals surface area (Å²) >= 11 is 0. The van der Waals surface area contributed by atoms with Gasteiger partial charge in [-0.3, -0.25) is 4.79 Å². The maximum Gasteiger partial charge on any atom is 1.00 e. The monoisotopic (exact) mass is 98.0 g/mol. The molecule has 4 heteroatoms. The van der Waals surface area contributed by atoms with Gasteiger partial charge in [0.05, 0.1) is 0 Å². The van der Waals surface area contributed by atoms with Gasteiger partial charge >= 0.3 is 18.9 Å². The van der Waals surface area contributed by atoms with E-state index in [0.29, 0.717) is 0 Å². The predicted molar refractivity (Wildman–Crippen MR) is 24.4 cm³/mol. The number of carbonyl (C=O) groups is 1. The van der Waals surface area contributed by atoms with Crippen molar-refractivity contribution in [3.63, 3.8) is 0 Å². The zero-order valence-corrected chi connectivity index (χ0v) is 3.36. The van der Waals surface area contributed by atoms with Crippen molar-refractivity contribution in [3.05, 3.63) is 0 Å². The third-order valence-corrected chi connectivity index (χ3v) is 0. The van der Waals surface area contributed by atoms with Crippen LogP contribution in [0.2, 0.25) is 0 Å². The first kappa shape index (κ1) is 16.0. The average molecular weight is 98.0 g/mol. The third kappa shape index (κ3) is 166. The van der Waals surface area contributed by atoms with Gasteiger partial charge in [-0.1, -0.05) is 0 Å². The summed E-state index contributed by atoms with van der Waals surface area (Å²) in [4.78, 5) is 9.00. The van der Waals surface area contributed by atoms with Crippen molar-refractivity contribution < 1.29 is 30.2 Å². The van der Waals surface area contributed by atoms with Crippen LogP contribution in [0.15, 0.2) is 0 Å². The second-order valence-corrected chi connectivity index (χ2v) is 0.519. The van der Waals surface area contributed by atoms with Gasteiger partial charge in [-0.05, 0) is 0 Å². The Morgan fingerprint density at radius 1 is 1.83 bits per heavy atom. The third-order valence-electron chi connectivity index (χ3n) is 0. The Hall–Kier alpha value is 0.600. The summed E-state index contributed by atoms with van der Waals surface area (Å²) < 4.78 is 0. The molecule has 32 valence electrons. The molecule has 0 aliphatic rings. The average Bonchev–Trinajstić information content (AvgIpc) is 0.811. The topological polar surface area (TPSA) is 37.3 Å². The van der Waals surface area contributed by atoms with Crippen LogP contribution in [0.4, 0.5) is 0 Å². The Balaban J connectivity index is -0.0000000150. The quantitative estimate of drug-likeness (QED) is 0.314. The Morgan fingerprint density at radius 3 is 1.83 bits per heavy atom. The van der Waals surface area contributed by atoms with Gasteiger partial charge in [-0.2, -0.15) is 0 Å². The van der Waals surface area contributed by atoms with Crippen LogP contribution >= 0.6 is 0 Å². The van der Waals surface area contributed by atoms with E-state index < -0.39 is 5.97 Å². The summed E-state index contributed by atoms with van der Waals surface area (Å²) in [7, 11) is 0. The number of carboxylic acids is 1. The molecule has 0 aromatic rings. The first-order chi connectivity index (χ1) is 1.73. The predicted octanol–water partition coefficient (Wildman–Crippen LogP) is -3.98. The largest absolute Gasteiger partial charge is 1.00 e. The zero-order chi connectivity index (χ0) is 3.58. The molecule has 0 saturated carbocycles. The standard InChI is InChI=1S/C2H4O2.Al.Li.4H/c1-2(3)4;;;;;;/h1H3,(H,3,4);;;;;;/q;;+1;;;;-1. The number of hydrogen-bond donors (Lipinski definition) is 1. The van der Waals surface area contributed by atoms with E-state index >= 15 is 0 Å². The minimum Gasteiger partial charge on any atom is -1.00 e. The van der Waals surface area contributed by atoms with E-state index in [9.17, 15) is 0 Å². The van der Waals surface area contributed by atoms with Gasteiger partial charge < -0.3 is 6.53 Å². The molecule has 0 bridgehead atoms. The fourth-order valence-electron chi connectivity index (χ4n) is 0. The van der Waals surface area contributed by atoms with Gasteiger partial charge in [0.1, 0.15) is 0 Å². The van der Waals surface area contributed by atoms with E-state index in [1.54, 1.807) is 0 Å². The number of aliphatic carboxylic acids is 1. The maximum absolute atomic E-state index is 9.00. The molecule has 0 saturated heterocycles. The van der Waals surface area contributed by atoms with Crippen molar-refractivity contribution >= 4 is 23.3 Å². The molecule has 6 heavy (non-hydrogen) atoms.